The Kier molecular flexibility index (Phi) is 6.91. The van der Waals surface area contributed by atoms with Crippen LogP contribution in [-0.4, -0.2) is 24.6 Å². The highest BCUT2D eigenvalue weighted by Gasteiger charge is 2.18. The topological polar surface area (TPSA) is 64.4 Å². The summed E-state index contributed by atoms with van der Waals surface area (Å²) in [7, 11) is 0. The Labute approximate surface area is 122 Å². The first-order chi connectivity index (χ1) is 9.06. The van der Waals surface area contributed by atoms with Crippen LogP contribution >= 0.6 is 23.2 Å². The number of hydrogen-bond donors (Lipinski definition) is 1. The molecule has 19 heavy (non-hydrogen) atoms. The summed E-state index contributed by atoms with van der Waals surface area (Å²) in [6, 6.07) is 2.58. The molecule has 0 spiro atoms. The first-order valence-electron chi connectivity index (χ1n) is 6.03. The minimum Gasteiger partial charge on any atom is -0.487 e. The van der Waals surface area contributed by atoms with Crippen LogP contribution < -0.4 is 10.1 Å². The lowest BCUT2D eigenvalue weighted by molar-refractivity contribution is -0.385. The molecule has 5 nitrogen and oxygen atoms in total. The average Bonchev–Trinajstić information content (AvgIpc) is 2.37. The Morgan fingerprint density at radius 1 is 1.32 bits per heavy atom. The van der Waals surface area contributed by atoms with Gasteiger partial charge in [0.2, 0.25) is 0 Å². The molecule has 0 aliphatic carbocycles. The third-order valence-corrected chi connectivity index (χ3v) is 3.10. The molecule has 0 atom stereocenters. The van der Waals surface area contributed by atoms with Crippen LogP contribution in [0.1, 0.15) is 19.8 Å². The molecule has 0 radical (unpaired) electrons. The second-order valence-electron chi connectivity index (χ2n) is 3.94. The number of nitrogens with one attached hydrogen (secondary N) is 1. The minimum absolute atomic E-state index is 0.144. The van der Waals surface area contributed by atoms with Crippen LogP contribution in [0.25, 0.3) is 0 Å². The molecule has 0 unspecified atom stereocenters. The summed E-state index contributed by atoms with van der Waals surface area (Å²) in [5.41, 5.74) is -0.170. The number of ether oxygens (including phenoxy) is 1. The lowest BCUT2D eigenvalue weighted by atomic mass is 10.3. The van der Waals surface area contributed by atoms with Crippen molar-refractivity contribution in [1.29, 1.82) is 0 Å². The van der Waals surface area contributed by atoms with Gasteiger partial charge in [-0.3, -0.25) is 10.1 Å². The zero-order valence-electron chi connectivity index (χ0n) is 10.6. The van der Waals surface area contributed by atoms with Gasteiger partial charge in [-0.25, -0.2) is 0 Å². The van der Waals surface area contributed by atoms with Gasteiger partial charge >= 0.3 is 5.69 Å². The van der Waals surface area contributed by atoms with E-state index in [0.29, 0.717) is 6.61 Å². The van der Waals surface area contributed by atoms with Crippen LogP contribution in [0.15, 0.2) is 12.1 Å². The molecule has 0 amide bonds. The van der Waals surface area contributed by atoms with Crippen molar-refractivity contribution < 1.29 is 9.66 Å². The number of hydrogen-bond acceptors (Lipinski definition) is 4. The largest absolute Gasteiger partial charge is 0.487 e. The van der Waals surface area contributed by atoms with Crippen LogP contribution in [0.2, 0.25) is 10.0 Å². The van der Waals surface area contributed by atoms with E-state index in [1.165, 1.54) is 12.1 Å². The smallest absolute Gasteiger partial charge is 0.312 e. The van der Waals surface area contributed by atoms with Gasteiger partial charge in [-0.05, 0) is 25.9 Å². The van der Waals surface area contributed by atoms with Gasteiger partial charge in [0.25, 0.3) is 0 Å². The first-order valence-corrected chi connectivity index (χ1v) is 6.78. The predicted octanol–water partition coefficient (Wildman–Crippen LogP) is 3.67. The van der Waals surface area contributed by atoms with E-state index in [1.54, 1.807) is 0 Å². The molecule has 1 N–H and O–H groups in total. The van der Waals surface area contributed by atoms with Crippen molar-refractivity contribution in [3.8, 4) is 5.75 Å². The number of nitro groups is 1. The molecule has 7 heteroatoms. The van der Waals surface area contributed by atoms with Gasteiger partial charge in [-0.15, -0.1) is 0 Å². The molecular formula is C12H16Cl2N2O3. The quantitative estimate of drug-likeness (QED) is 0.452. The molecule has 0 saturated carbocycles. The lowest BCUT2D eigenvalue weighted by Crippen LogP contribution is -2.18. The number of benzene rings is 1. The van der Waals surface area contributed by atoms with Crippen molar-refractivity contribution in [2.75, 3.05) is 19.7 Å². The van der Waals surface area contributed by atoms with Crippen molar-refractivity contribution in [2.24, 2.45) is 0 Å². The Hall–Kier alpha value is -1.04. The van der Waals surface area contributed by atoms with Gasteiger partial charge < -0.3 is 10.1 Å². The highest BCUT2D eigenvalue weighted by Crippen LogP contribution is 2.35. The Bertz CT molecular complexity index is 441. The van der Waals surface area contributed by atoms with E-state index in [4.69, 9.17) is 27.9 Å². The van der Waals surface area contributed by atoms with Crippen molar-refractivity contribution in [3.63, 3.8) is 0 Å². The van der Waals surface area contributed by atoms with Gasteiger partial charge in [0.1, 0.15) is 0 Å². The summed E-state index contributed by atoms with van der Waals surface area (Å²) in [5.74, 6) is 0.148. The average molecular weight is 307 g/mol. The molecule has 0 aromatic heterocycles. The molecule has 0 heterocycles. The molecule has 0 aliphatic heterocycles. The van der Waals surface area contributed by atoms with Gasteiger partial charge in [-0.1, -0.05) is 30.1 Å². The molecule has 0 aliphatic rings. The van der Waals surface area contributed by atoms with E-state index >= 15 is 0 Å². The van der Waals surface area contributed by atoms with E-state index in [-0.39, 0.29) is 21.5 Å². The first kappa shape index (κ1) is 16.0. The highest BCUT2D eigenvalue weighted by atomic mass is 35.5. The number of nitrogens with zero attached hydrogens (tertiary/aromatic N) is 1. The zero-order chi connectivity index (χ0) is 14.3. The molecule has 0 saturated heterocycles. The third-order valence-electron chi connectivity index (χ3n) is 2.38. The Morgan fingerprint density at radius 2 is 2.00 bits per heavy atom. The number of nitro benzene ring substituents is 1. The van der Waals surface area contributed by atoms with Gasteiger partial charge in [0.15, 0.2) is 5.75 Å². The van der Waals surface area contributed by atoms with Gasteiger partial charge in [0, 0.05) is 12.1 Å². The molecule has 1 aromatic rings. The van der Waals surface area contributed by atoms with E-state index in [2.05, 4.69) is 12.2 Å². The standard InChI is InChI=1S/C12H16Cl2N2O3/c1-2-4-15-5-3-6-19-12-8-10(14)9(13)7-11(12)16(17)18/h7-8,15H,2-6H2,1H3. The van der Waals surface area contributed by atoms with Crippen molar-refractivity contribution in [3.05, 3.63) is 32.3 Å². The summed E-state index contributed by atoms with van der Waals surface area (Å²) in [6.07, 6.45) is 1.83. The molecule has 106 valence electrons. The predicted molar refractivity (Wildman–Crippen MR) is 76.4 cm³/mol. The third kappa shape index (κ3) is 5.22. The SMILES string of the molecule is CCCNCCCOc1cc(Cl)c(Cl)cc1[N+](=O)[O-]. The van der Waals surface area contributed by atoms with Gasteiger partial charge in [0.05, 0.1) is 21.6 Å². The monoisotopic (exact) mass is 306 g/mol. The highest BCUT2D eigenvalue weighted by molar-refractivity contribution is 6.42. The summed E-state index contributed by atoms with van der Waals surface area (Å²) in [4.78, 5) is 10.3. The van der Waals surface area contributed by atoms with Gasteiger partial charge in [-0.2, -0.15) is 0 Å². The number of rotatable bonds is 8. The van der Waals surface area contributed by atoms with Crippen LogP contribution in [0.5, 0.6) is 5.75 Å². The zero-order valence-corrected chi connectivity index (χ0v) is 12.1. The normalized spacial score (nSPS) is 10.5. The van der Waals surface area contributed by atoms with E-state index in [9.17, 15) is 10.1 Å². The summed E-state index contributed by atoms with van der Waals surface area (Å²) in [6.45, 7) is 4.23. The second-order valence-corrected chi connectivity index (χ2v) is 4.76. The van der Waals surface area contributed by atoms with E-state index < -0.39 is 4.92 Å². The fourth-order valence-electron chi connectivity index (χ4n) is 1.46. The maximum Gasteiger partial charge on any atom is 0.312 e. The number of halogens is 2. The minimum atomic E-state index is -0.535. The van der Waals surface area contributed by atoms with Crippen molar-refractivity contribution in [2.45, 2.75) is 19.8 Å². The van der Waals surface area contributed by atoms with Crippen molar-refractivity contribution >= 4 is 28.9 Å². The van der Waals surface area contributed by atoms with E-state index in [0.717, 1.165) is 25.9 Å². The van der Waals surface area contributed by atoms with Crippen LogP contribution in [-0.2, 0) is 0 Å². The summed E-state index contributed by atoms with van der Waals surface area (Å²) in [5, 5.41) is 14.5. The maximum atomic E-state index is 10.9. The molecular weight excluding hydrogens is 291 g/mol. The summed E-state index contributed by atoms with van der Waals surface area (Å²) < 4.78 is 5.39. The second kappa shape index (κ2) is 8.19. The van der Waals surface area contributed by atoms with Crippen LogP contribution in [0.4, 0.5) is 5.69 Å². The van der Waals surface area contributed by atoms with Crippen LogP contribution in [0, 0.1) is 10.1 Å². The molecule has 0 fully saturated rings. The summed E-state index contributed by atoms with van der Waals surface area (Å²) >= 11 is 11.6. The fraction of sp³-hybridized carbons (Fsp3) is 0.500. The molecule has 0 bridgehead atoms. The van der Waals surface area contributed by atoms with Crippen molar-refractivity contribution in [1.82, 2.24) is 5.32 Å². The lowest BCUT2D eigenvalue weighted by Gasteiger charge is -2.08. The van der Waals surface area contributed by atoms with Crippen LogP contribution in [0.3, 0.4) is 0 Å². The fourth-order valence-corrected chi connectivity index (χ4v) is 1.77. The molecule has 1 rings (SSSR count). The van der Waals surface area contributed by atoms with E-state index in [1.807, 2.05) is 0 Å². The maximum absolute atomic E-state index is 10.9. The molecule has 1 aromatic carbocycles. The Morgan fingerprint density at radius 3 is 2.63 bits per heavy atom. The Balaban J connectivity index is 2.57.